The van der Waals surface area contributed by atoms with Crippen LogP contribution in [0.2, 0.25) is 0 Å². The summed E-state index contributed by atoms with van der Waals surface area (Å²) in [7, 11) is 3.15. The van der Waals surface area contributed by atoms with Crippen molar-refractivity contribution in [2.24, 2.45) is 0 Å². The van der Waals surface area contributed by atoms with Crippen molar-refractivity contribution in [3.8, 4) is 11.5 Å². The minimum absolute atomic E-state index is 0.179. The summed E-state index contributed by atoms with van der Waals surface area (Å²) in [5, 5.41) is 6.77. The van der Waals surface area contributed by atoms with Crippen molar-refractivity contribution in [2.45, 2.75) is 25.7 Å². The molecule has 0 saturated carbocycles. The number of aromatic nitrogens is 2. The van der Waals surface area contributed by atoms with Crippen LogP contribution in [0.15, 0.2) is 34.9 Å². The number of nitrogens with one attached hydrogen (secondary N) is 2. The van der Waals surface area contributed by atoms with Gasteiger partial charge in [-0.15, -0.1) is 0 Å². The number of benzene rings is 1. The van der Waals surface area contributed by atoms with Gasteiger partial charge in [0.1, 0.15) is 5.82 Å². The molecule has 1 aromatic carbocycles. The van der Waals surface area contributed by atoms with E-state index in [4.69, 9.17) is 19.6 Å². The van der Waals surface area contributed by atoms with E-state index < -0.39 is 0 Å². The zero-order chi connectivity index (χ0) is 21.3. The van der Waals surface area contributed by atoms with Gasteiger partial charge in [0.2, 0.25) is 5.95 Å². The third-order valence-electron chi connectivity index (χ3n) is 4.65. The molecule has 0 bridgehead atoms. The number of carbonyl (C=O) groups is 1. The van der Waals surface area contributed by atoms with Crippen LogP contribution >= 0.6 is 0 Å². The van der Waals surface area contributed by atoms with E-state index >= 15 is 0 Å². The van der Waals surface area contributed by atoms with Crippen LogP contribution in [-0.2, 0) is 0 Å². The molecule has 160 valence electrons. The number of fused-ring (bicyclic) bond motifs is 1. The van der Waals surface area contributed by atoms with Gasteiger partial charge in [-0.1, -0.05) is 12.8 Å². The van der Waals surface area contributed by atoms with E-state index in [1.54, 1.807) is 38.5 Å². The molecule has 0 radical (unpaired) electrons. The average molecular weight is 413 g/mol. The Labute approximate surface area is 175 Å². The Kier molecular flexibility index (Phi) is 7.31. The molecule has 2 heterocycles. The van der Waals surface area contributed by atoms with Crippen LogP contribution in [0.3, 0.4) is 0 Å². The van der Waals surface area contributed by atoms with Gasteiger partial charge in [-0.25, -0.2) is 4.98 Å². The molecule has 1 amide bonds. The Morgan fingerprint density at radius 1 is 1.07 bits per heavy atom. The molecule has 2 aromatic heterocycles. The number of hydrogen-bond acceptors (Lipinski definition) is 8. The number of anilines is 2. The van der Waals surface area contributed by atoms with Crippen LogP contribution in [0.25, 0.3) is 10.9 Å². The molecule has 3 aromatic rings. The summed E-state index contributed by atoms with van der Waals surface area (Å²) in [6.07, 6.45) is 5.39. The van der Waals surface area contributed by atoms with Crippen molar-refractivity contribution in [3.05, 3.63) is 36.3 Å². The molecule has 0 aliphatic rings. The topological polar surface area (TPSA) is 125 Å². The molecular formula is C21H27N5O4. The maximum Gasteiger partial charge on any atom is 0.286 e. The maximum atomic E-state index is 11.7. The fourth-order valence-electron chi connectivity index (χ4n) is 3.06. The molecule has 0 unspecified atom stereocenters. The number of nitrogens with zero attached hydrogens (tertiary/aromatic N) is 2. The maximum absolute atomic E-state index is 11.7. The van der Waals surface area contributed by atoms with Crippen molar-refractivity contribution in [2.75, 3.05) is 38.4 Å². The third kappa shape index (κ3) is 5.31. The Hall–Kier alpha value is -3.49. The van der Waals surface area contributed by atoms with Crippen LogP contribution in [0.1, 0.15) is 36.2 Å². The molecule has 4 N–H and O–H groups in total. The lowest BCUT2D eigenvalue weighted by molar-refractivity contribution is 0.0925. The predicted molar refractivity (Wildman–Crippen MR) is 115 cm³/mol. The second-order valence-electron chi connectivity index (χ2n) is 6.73. The lowest BCUT2D eigenvalue weighted by Crippen LogP contribution is -2.23. The summed E-state index contributed by atoms with van der Waals surface area (Å²) < 4.78 is 15.7. The number of furan rings is 1. The van der Waals surface area contributed by atoms with Crippen molar-refractivity contribution >= 4 is 28.6 Å². The smallest absolute Gasteiger partial charge is 0.286 e. The molecule has 0 spiro atoms. The molecule has 0 atom stereocenters. The number of methoxy groups -OCH3 is 2. The van der Waals surface area contributed by atoms with Crippen LogP contribution in [-0.4, -0.2) is 43.2 Å². The summed E-state index contributed by atoms with van der Waals surface area (Å²) >= 11 is 0. The quantitative estimate of drug-likeness (QED) is 0.409. The largest absolute Gasteiger partial charge is 0.493 e. The van der Waals surface area contributed by atoms with E-state index in [2.05, 4.69) is 20.6 Å². The molecule has 30 heavy (non-hydrogen) atoms. The number of rotatable bonds is 11. The summed E-state index contributed by atoms with van der Waals surface area (Å²) in [5.74, 6) is 2.20. The summed E-state index contributed by atoms with van der Waals surface area (Å²) in [6, 6.07) is 6.91. The molecule has 0 fully saturated rings. The lowest BCUT2D eigenvalue weighted by atomic mass is 10.2. The monoisotopic (exact) mass is 413 g/mol. The Balaban J connectivity index is 1.41. The summed E-state index contributed by atoms with van der Waals surface area (Å²) in [6.45, 7) is 1.36. The Morgan fingerprint density at radius 2 is 1.80 bits per heavy atom. The van der Waals surface area contributed by atoms with Crippen LogP contribution in [0, 0.1) is 0 Å². The number of carbonyl (C=O) groups excluding carboxylic acids is 1. The van der Waals surface area contributed by atoms with E-state index in [1.165, 1.54) is 6.26 Å². The van der Waals surface area contributed by atoms with E-state index in [9.17, 15) is 4.79 Å². The molecule has 9 heteroatoms. The number of unbranched alkanes of at least 4 members (excludes halogenated alkanes) is 3. The first kappa shape index (κ1) is 21.2. The lowest BCUT2D eigenvalue weighted by Gasteiger charge is -2.11. The predicted octanol–water partition coefficient (Wildman–Crippen LogP) is 3.22. The highest BCUT2D eigenvalue weighted by molar-refractivity contribution is 5.92. The minimum atomic E-state index is -0.179. The molecule has 3 rings (SSSR count). The van der Waals surface area contributed by atoms with Gasteiger partial charge < -0.3 is 30.3 Å². The Bertz CT molecular complexity index is 975. The standard InChI is InChI=1S/C21H27N5O4/c1-28-17-12-14-15(13-18(17)29-2)25-21(26-19(14)22)24-10-6-4-3-5-9-23-20(27)16-8-7-11-30-16/h7-8,11-13H,3-6,9-10H2,1-2H3,(H,23,27)(H3,22,24,25,26). The molecule has 0 aliphatic carbocycles. The zero-order valence-corrected chi connectivity index (χ0v) is 17.2. The number of amides is 1. The van der Waals surface area contributed by atoms with Gasteiger partial charge in [-0.2, -0.15) is 4.98 Å². The van der Waals surface area contributed by atoms with Crippen molar-refractivity contribution < 1.29 is 18.7 Å². The number of nitrogens with two attached hydrogens (primary N) is 1. The molecule has 0 aliphatic heterocycles. The van der Waals surface area contributed by atoms with Gasteiger partial charge in [-0.3, -0.25) is 4.79 Å². The van der Waals surface area contributed by atoms with Gasteiger partial charge in [0.25, 0.3) is 5.91 Å². The minimum Gasteiger partial charge on any atom is -0.493 e. The highest BCUT2D eigenvalue weighted by atomic mass is 16.5. The highest BCUT2D eigenvalue weighted by Gasteiger charge is 2.11. The van der Waals surface area contributed by atoms with Gasteiger partial charge in [0.15, 0.2) is 17.3 Å². The molecule has 9 nitrogen and oxygen atoms in total. The second kappa shape index (κ2) is 10.3. The van der Waals surface area contributed by atoms with Gasteiger partial charge in [-0.05, 0) is 31.0 Å². The van der Waals surface area contributed by atoms with E-state index in [0.29, 0.717) is 41.1 Å². The summed E-state index contributed by atoms with van der Waals surface area (Å²) in [4.78, 5) is 20.6. The van der Waals surface area contributed by atoms with Crippen molar-refractivity contribution in [1.82, 2.24) is 15.3 Å². The summed E-state index contributed by atoms with van der Waals surface area (Å²) in [5.41, 5.74) is 6.78. The normalized spacial score (nSPS) is 10.7. The van der Waals surface area contributed by atoms with Crippen LogP contribution < -0.4 is 25.8 Å². The molecule has 0 saturated heterocycles. The SMILES string of the molecule is COc1cc2nc(NCCCCCCNC(=O)c3ccco3)nc(N)c2cc1OC. The fraction of sp³-hybridized carbons (Fsp3) is 0.381. The third-order valence-corrected chi connectivity index (χ3v) is 4.65. The first-order valence-electron chi connectivity index (χ1n) is 9.87. The van der Waals surface area contributed by atoms with Crippen molar-refractivity contribution in [3.63, 3.8) is 0 Å². The van der Waals surface area contributed by atoms with Crippen molar-refractivity contribution in [1.29, 1.82) is 0 Å². The van der Waals surface area contributed by atoms with Gasteiger partial charge >= 0.3 is 0 Å². The highest BCUT2D eigenvalue weighted by Crippen LogP contribution is 2.33. The first-order chi connectivity index (χ1) is 14.6. The zero-order valence-electron chi connectivity index (χ0n) is 17.2. The fourth-order valence-corrected chi connectivity index (χ4v) is 3.06. The second-order valence-corrected chi connectivity index (χ2v) is 6.73. The van der Waals surface area contributed by atoms with E-state index in [-0.39, 0.29) is 5.91 Å². The van der Waals surface area contributed by atoms with E-state index in [0.717, 1.165) is 37.6 Å². The van der Waals surface area contributed by atoms with E-state index in [1.807, 2.05) is 0 Å². The van der Waals surface area contributed by atoms with Crippen LogP contribution in [0.5, 0.6) is 11.5 Å². The molecular weight excluding hydrogens is 386 g/mol. The number of hydrogen-bond donors (Lipinski definition) is 3. The Morgan fingerprint density at radius 3 is 2.50 bits per heavy atom. The van der Waals surface area contributed by atoms with Crippen LogP contribution in [0.4, 0.5) is 11.8 Å². The van der Waals surface area contributed by atoms with Gasteiger partial charge in [0, 0.05) is 24.5 Å². The first-order valence-corrected chi connectivity index (χ1v) is 9.87. The van der Waals surface area contributed by atoms with Gasteiger partial charge in [0.05, 0.1) is 26.0 Å². The number of nitrogen functional groups attached to an aromatic ring is 1. The number of ether oxygens (including phenoxy) is 2. The average Bonchev–Trinajstić information content (AvgIpc) is 3.29.